The van der Waals surface area contributed by atoms with Gasteiger partial charge >= 0.3 is 0 Å². The maximum absolute atomic E-state index is 12.7. The number of piperidine rings is 1. The van der Waals surface area contributed by atoms with Crippen LogP contribution in [0.25, 0.3) is 0 Å². The van der Waals surface area contributed by atoms with Gasteiger partial charge in [-0.25, -0.2) is 0 Å². The Morgan fingerprint density at radius 2 is 2.04 bits per heavy atom. The van der Waals surface area contributed by atoms with Gasteiger partial charge in [0.1, 0.15) is 6.04 Å². The van der Waals surface area contributed by atoms with Crippen molar-refractivity contribution in [3.05, 3.63) is 34.9 Å². The molecule has 7 nitrogen and oxygen atoms in total. The number of nitrogens with one attached hydrogen (secondary N) is 1. The van der Waals surface area contributed by atoms with E-state index >= 15 is 0 Å². The molecule has 2 heterocycles. The van der Waals surface area contributed by atoms with Crippen LogP contribution in [0.2, 0.25) is 0 Å². The fourth-order valence-corrected chi connectivity index (χ4v) is 4.13. The zero-order valence-electron chi connectivity index (χ0n) is 14.9. The van der Waals surface area contributed by atoms with Crippen molar-refractivity contribution in [2.24, 2.45) is 5.73 Å². The molecule has 7 heteroatoms. The summed E-state index contributed by atoms with van der Waals surface area (Å²) in [6, 6.07) is 6.20. The normalized spacial score (nSPS) is 28.2. The number of hydrogen-bond donors (Lipinski definition) is 2. The monoisotopic (exact) mass is 356 g/mol. The third-order valence-electron chi connectivity index (χ3n) is 5.79. The second-order valence-electron chi connectivity index (χ2n) is 7.69. The molecule has 1 atom stereocenters. The van der Waals surface area contributed by atoms with Crippen LogP contribution in [-0.4, -0.2) is 52.7 Å². The third-order valence-corrected chi connectivity index (χ3v) is 5.79. The second-order valence-corrected chi connectivity index (χ2v) is 7.69. The molecule has 0 aromatic heterocycles. The first-order valence-corrected chi connectivity index (χ1v) is 9.14. The molecule has 1 saturated heterocycles. The highest BCUT2D eigenvalue weighted by Crippen LogP contribution is 2.29. The number of benzene rings is 1. The minimum absolute atomic E-state index is 0.126. The maximum atomic E-state index is 12.7. The van der Waals surface area contributed by atoms with E-state index in [4.69, 9.17) is 5.73 Å². The van der Waals surface area contributed by atoms with Crippen LogP contribution in [0.1, 0.15) is 47.2 Å². The summed E-state index contributed by atoms with van der Waals surface area (Å²) in [6.45, 7) is 1.24. The summed E-state index contributed by atoms with van der Waals surface area (Å²) >= 11 is 0. The number of amides is 3. The van der Waals surface area contributed by atoms with E-state index in [2.05, 4.69) is 23.3 Å². The number of imide groups is 1. The highest BCUT2D eigenvalue weighted by molar-refractivity contribution is 6.05. The Morgan fingerprint density at radius 1 is 1.27 bits per heavy atom. The van der Waals surface area contributed by atoms with Crippen LogP contribution < -0.4 is 11.1 Å². The zero-order valence-corrected chi connectivity index (χ0v) is 14.9. The van der Waals surface area contributed by atoms with Crippen LogP contribution in [-0.2, 0) is 22.7 Å². The Bertz CT molecular complexity index is 772. The summed E-state index contributed by atoms with van der Waals surface area (Å²) in [5.41, 5.74) is 8.64. The Kier molecular flexibility index (Phi) is 4.28. The number of rotatable bonds is 4. The average Bonchev–Trinajstić information content (AvgIpc) is 2.88. The van der Waals surface area contributed by atoms with Crippen LogP contribution >= 0.6 is 0 Å². The van der Waals surface area contributed by atoms with Gasteiger partial charge in [-0.15, -0.1) is 0 Å². The molecule has 138 valence electrons. The topological polar surface area (TPSA) is 95.7 Å². The van der Waals surface area contributed by atoms with Crippen molar-refractivity contribution in [2.75, 3.05) is 7.05 Å². The van der Waals surface area contributed by atoms with Crippen LogP contribution in [0.3, 0.4) is 0 Å². The molecule has 0 bridgehead atoms. The standard InChI is InChI=1S/C19H24N4O3/c1-22(14-7-13(20)8-14)9-11-2-3-15-12(6-11)10-23(19(15)26)16-4-5-17(24)21-18(16)25/h2-3,6,13-14,16H,4-5,7-10,20H2,1H3,(H,21,24,25). The van der Waals surface area contributed by atoms with Crippen molar-refractivity contribution in [1.29, 1.82) is 0 Å². The number of hydrogen-bond acceptors (Lipinski definition) is 5. The summed E-state index contributed by atoms with van der Waals surface area (Å²) < 4.78 is 0. The van der Waals surface area contributed by atoms with E-state index in [9.17, 15) is 14.4 Å². The maximum Gasteiger partial charge on any atom is 0.255 e. The van der Waals surface area contributed by atoms with Crippen molar-refractivity contribution in [1.82, 2.24) is 15.1 Å². The molecular formula is C19H24N4O3. The molecule has 2 aliphatic heterocycles. The fraction of sp³-hybridized carbons (Fsp3) is 0.526. The number of carbonyl (C=O) groups is 3. The summed E-state index contributed by atoms with van der Waals surface area (Å²) in [5, 5.41) is 2.33. The van der Waals surface area contributed by atoms with Crippen LogP contribution in [0.15, 0.2) is 18.2 Å². The number of nitrogens with two attached hydrogens (primary N) is 1. The molecule has 1 saturated carbocycles. The second kappa shape index (κ2) is 6.48. The molecule has 3 amide bonds. The minimum Gasteiger partial charge on any atom is -0.328 e. The average molecular weight is 356 g/mol. The predicted octanol–water partition coefficient (Wildman–Crippen LogP) is 0.369. The molecule has 0 spiro atoms. The highest BCUT2D eigenvalue weighted by Gasteiger charge is 2.39. The number of carbonyl (C=O) groups excluding carboxylic acids is 3. The van der Waals surface area contributed by atoms with Crippen LogP contribution in [0, 0.1) is 0 Å². The van der Waals surface area contributed by atoms with Gasteiger partial charge in [0.15, 0.2) is 0 Å². The van der Waals surface area contributed by atoms with Crippen molar-refractivity contribution in [3.63, 3.8) is 0 Å². The smallest absolute Gasteiger partial charge is 0.255 e. The van der Waals surface area contributed by atoms with Gasteiger partial charge in [-0.1, -0.05) is 12.1 Å². The number of fused-ring (bicyclic) bond motifs is 1. The van der Waals surface area contributed by atoms with Gasteiger partial charge in [-0.05, 0) is 43.5 Å². The predicted molar refractivity (Wildman–Crippen MR) is 95.0 cm³/mol. The van der Waals surface area contributed by atoms with Crippen molar-refractivity contribution in [3.8, 4) is 0 Å². The zero-order chi connectivity index (χ0) is 18.4. The minimum atomic E-state index is -0.560. The molecule has 4 rings (SSSR count). The Hall–Kier alpha value is -2.25. The van der Waals surface area contributed by atoms with E-state index in [0.29, 0.717) is 30.6 Å². The lowest BCUT2D eigenvalue weighted by atomic mass is 9.86. The van der Waals surface area contributed by atoms with Crippen LogP contribution in [0.4, 0.5) is 0 Å². The first kappa shape index (κ1) is 17.2. The highest BCUT2D eigenvalue weighted by atomic mass is 16.2. The summed E-state index contributed by atoms with van der Waals surface area (Å²) in [7, 11) is 2.10. The summed E-state index contributed by atoms with van der Waals surface area (Å²) in [6.07, 6.45) is 2.73. The molecule has 1 unspecified atom stereocenters. The van der Waals surface area contributed by atoms with E-state index in [1.165, 1.54) is 0 Å². The van der Waals surface area contributed by atoms with Gasteiger partial charge in [-0.3, -0.25) is 24.6 Å². The first-order valence-electron chi connectivity index (χ1n) is 9.14. The molecule has 1 aromatic rings. The molecule has 26 heavy (non-hydrogen) atoms. The van der Waals surface area contributed by atoms with Gasteiger partial charge in [0.25, 0.3) is 5.91 Å². The van der Waals surface area contributed by atoms with E-state index in [0.717, 1.165) is 30.5 Å². The lowest BCUT2D eigenvalue weighted by Gasteiger charge is -2.39. The molecule has 3 aliphatic rings. The van der Waals surface area contributed by atoms with E-state index < -0.39 is 6.04 Å². The molecule has 1 aliphatic carbocycles. The number of nitrogens with zero attached hydrogens (tertiary/aromatic N) is 2. The van der Waals surface area contributed by atoms with Gasteiger partial charge in [-0.2, -0.15) is 0 Å². The first-order chi connectivity index (χ1) is 12.4. The van der Waals surface area contributed by atoms with Gasteiger partial charge in [0.05, 0.1) is 0 Å². The molecule has 1 aromatic carbocycles. The lowest BCUT2D eigenvalue weighted by Crippen LogP contribution is -2.52. The lowest BCUT2D eigenvalue weighted by molar-refractivity contribution is -0.136. The molecular weight excluding hydrogens is 332 g/mol. The molecule has 3 N–H and O–H groups in total. The Labute approximate surface area is 152 Å². The largest absolute Gasteiger partial charge is 0.328 e. The van der Waals surface area contributed by atoms with E-state index in [-0.39, 0.29) is 24.1 Å². The van der Waals surface area contributed by atoms with Gasteiger partial charge < -0.3 is 10.6 Å². The van der Waals surface area contributed by atoms with Gasteiger partial charge in [0.2, 0.25) is 11.8 Å². The third kappa shape index (κ3) is 3.01. The van der Waals surface area contributed by atoms with E-state index in [1.807, 2.05) is 12.1 Å². The van der Waals surface area contributed by atoms with Crippen molar-refractivity contribution in [2.45, 2.75) is 56.9 Å². The van der Waals surface area contributed by atoms with E-state index in [1.54, 1.807) is 4.90 Å². The van der Waals surface area contributed by atoms with Crippen LogP contribution in [0.5, 0.6) is 0 Å². The quantitative estimate of drug-likeness (QED) is 0.760. The summed E-state index contributed by atoms with van der Waals surface area (Å²) in [5.74, 6) is -0.764. The Morgan fingerprint density at radius 3 is 2.73 bits per heavy atom. The van der Waals surface area contributed by atoms with Gasteiger partial charge in [0, 0.05) is 37.2 Å². The van der Waals surface area contributed by atoms with Crippen molar-refractivity contribution < 1.29 is 14.4 Å². The summed E-state index contributed by atoms with van der Waals surface area (Å²) in [4.78, 5) is 40.0. The fourth-order valence-electron chi connectivity index (χ4n) is 4.13. The molecule has 2 fully saturated rings. The van der Waals surface area contributed by atoms with Crippen molar-refractivity contribution >= 4 is 17.7 Å². The molecule has 0 radical (unpaired) electrons. The Balaban J connectivity index is 1.46. The SMILES string of the molecule is CN(Cc1ccc2c(c1)CN(C1CCC(=O)NC1=O)C2=O)C1CC(N)C1.